The third-order valence-corrected chi connectivity index (χ3v) is 5.07. The molecule has 0 aromatic rings. The fourth-order valence-electron chi connectivity index (χ4n) is 3.35. The summed E-state index contributed by atoms with van der Waals surface area (Å²) in [5.74, 6) is 0.844. The number of likely N-dealkylation sites (tertiary alicyclic amines) is 1. The number of carbonyl (C=O) groups excluding carboxylic acids is 1. The highest BCUT2D eigenvalue weighted by Crippen LogP contribution is 2.11. The highest BCUT2D eigenvalue weighted by molar-refractivity contribution is 14.0. The zero-order valence-corrected chi connectivity index (χ0v) is 18.9. The predicted octanol–water partition coefficient (Wildman–Crippen LogP) is 0.636. The maximum Gasteiger partial charge on any atom is 0.409 e. The lowest BCUT2D eigenvalue weighted by Gasteiger charge is -2.38. The molecule has 2 aliphatic rings. The summed E-state index contributed by atoms with van der Waals surface area (Å²) >= 11 is 0. The molecule has 2 saturated heterocycles. The zero-order chi connectivity index (χ0) is 18.2. The highest BCUT2D eigenvalue weighted by atomic mass is 127. The molecule has 2 fully saturated rings. The number of piperidine rings is 1. The van der Waals surface area contributed by atoms with E-state index in [1.54, 1.807) is 11.9 Å². The van der Waals surface area contributed by atoms with Gasteiger partial charge in [-0.3, -0.25) is 9.89 Å². The maximum atomic E-state index is 11.8. The van der Waals surface area contributed by atoms with Gasteiger partial charge in [0.25, 0.3) is 0 Å². The Morgan fingerprint density at radius 1 is 1.19 bits per heavy atom. The van der Waals surface area contributed by atoms with Crippen molar-refractivity contribution >= 4 is 36.0 Å². The average Bonchev–Trinajstić information content (AvgIpc) is 2.62. The molecule has 0 spiro atoms. The number of nitrogens with one attached hydrogen (secondary N) is 2. The number of likely N-dealkylation sites (N-methyl/N-ethyl adjacent to an activating group) is 2. The molecule has 9 heteroatoms. The number of piperazine rings is 1. The van der Waals surface area contributed by atoms with Crippen molar-refractivity contribution in [1.29, 1.82) is 0 Å². The van der Waals surface area contributed by atoms with E-state index in [1.807, 2.05) is 6.92 Å². The molecule has 2 heterocycles. The molecular weight excluding hydrogens is 447 g/mol. The molecule has 0 aromatic carbocycles. The first-order chi connectivity index (χ1) is 12.0. The molecule has 0 aromatic heterocycles. The number of hydrogen-bond donors (Lipinski definition) is 2. The van der Waals surface area contributed by atoms with Crippen molar-refractivity contribution in [2.45, 2.75) is 31.8 Å². The van der Waals surface area contributed by atoms with Crippen LogP contribution in [0.4, 0.5) is 4.79 Å². The summed E-state index contributed by atoms with van der Waals surface area (Å²) in [6.07, 6.45) is 1.62. The molecule has 2 N–H and O–H groups in total. The molecular formula is C17H35IN6O2. The Balaban J connectivity index is 0.00000338. The molecule has 8 nitrogen and oxygen atoms in total. The highest BCUT2D eigenvalue weighted by Gasteiger charge is 2.25. The van der Waals surface area contributed by atoms with Crippen LogP contribution in [0.5, 0.6) is 0 Å². The largest absolute Gasteiger partial charge is 0.450 e. The summed E-state index contributed by atoms with van der Waals surface area (Å²) in [5, 5.41) is 6.95. The summed E-state index contributed by atoms with van der Waals surface area (Å²) in [4.78, 5) is 22.7. The summed E-state index contributed by atoms with van der Waals surface area (Å²) in [5.41, 5.74) is 0. The number of carbonyl (C=O) groups is 1. The van der Waals surface area contributed by atoms with Gasteiger partial charge in [0, 0.05) is 58.4 Å². The van der Waals surface area contributed by atoms with E-state index >= 15 is 0 Å². The van der Waals surface area contributed by atoms with Crippen molar-refractivity contribution in [2.24, 2.45) is 4.99 Å². The Hall–Kier alpha value is -0.810. The first kappa shape index (κ1) is 23.2. The molecule has 152 valence electrons. The van der Waals surface area contributed by atoms with Crippen LogP contribution < -0.4 is 10.6 Å². The molecule has 1 atom stereocenters. The summed E-state index contributed by atoms with van der Waals surface area (Å²) in [6, 6.07) is 0.826. The van der Waals surface area contributed by atoms with Crippen molar-refractivity contribution in [3.8, 4) is 0 Å². The van der Waals surface area contributed by atoms with E-state index in [9.17, 15) is 4.79 Å². The maximum absolute atomic E-state index is 11.8. The van der Waals surface area contributed by atoms with Crippen LogP contribution in [0.3, 0.4) is 0 Å². The first-order valence-electron chi connectivity index (χ1n) is 9.31. The van der Waals surface area contributed by atoms with Crippen LogP contribution in [-0.4, -0.2) is 106 Å². The van der Waals surface area contributed by atoms with Crippen molar-refractivity contribution in [1.82, 2.24) is 25.3 Å². The minimum Gasteiger partial charge on any atom is -0.450 e. The van der Waals surface area contributed by atoms with Gasteiger partial charge in [0.1, 0.15) is 0 Å². The Morgan fingerprint density at radius 3 is 2.50 bits per heavy atom. The van der Waals surface area contributed by atoms with Crippen molar-refractivity contribution < 1.29 is 9.53 Å². The summed E-state index contributed by atoms with van der Waals surface area (Å²) in [7, 11) is 6.16. The zero-order valence-electron chi connectivity index (χ0n) is 16.5. The van der Waals surface area contributed by atoms with Crippen molar-refractivity contribution in [3.05, 3.63) is 0 Å². The number of halogens is 1. The Bertz CT molecular complexity index is 457. The third-order valence-electron chi connectivity index (χ3n) is 5.07. The summed E-state index contributed by atoms with van der Waals surface area (Å²) in [6.45, 7) is 7.88. The number of nitrogens with zero attached hydrogens (tertiary/aromatic N) is 4. The average molecular weight is 482 g/mol. The second-order valence-electron chi connectivity index (χ2n) is 6.95. The smallest absolute Gasteiger partial charge is 0.409 e. The van der Waals surface area contributed by atoms with Crippen LogP contribution in [0.25, 0.3) is 0 Å². The molecule has 1 amide bonds. The lowest BCUT2D eigenvalue weighted by atomic mass is 10.1. The summed E-state index contributed by atoms with van der Waals surface area (Å²) < 4.78 is 5.07. The van der Waals surface area contributed by atoms with Crippen molar-refractivity contribution in [2.75, 3.05) is 67.0 Å². The normalized spacial score (nSPS) is 23.3. The molecule has 2 rings (SSSR count). The van der Waals surface area contributed by atoms with Gasteiger partial charge >= 0.3 is 6.09 Å². The van der Waals surface area contributed by atoms with E-state index in [0.29, 0.717) is 18.7 Å². The lowest BCUT2D eigenvalue weighted by molar-refractivity contribution is 0.0962. The number of aliphatic imine (C=N–C) groups is 1. The second kappa shape index (κ2) is 11.8. The van der Waals surface area contributed by atoms with E-state index in [2.05, 4.69) is 39.5 Å². The number of rotatable bonds is 4. The van der Waals surface area contributed by atoms with Gasteiger partial charge in [-0.25, -0.2) is 4.79 Å². The SMILES string of the molecule is CCOC(=O)N1CCC(NC(=NC)NCC2CN(C)CCN2C)CC1.I. The molecule has 1 unspecified atom stereocenters. The molecule has 0 radical (unpaired) electrons. The Labute approximate surface area is 174 Å². The first-order valence-corrected chi connectivity index (χ1v) is 9.31. The molecule has 0 aliphatic carbocycles. The van der Waals surface area contributed by atoms with E-state index in [1.165, 1.54) is 0 Å². The quantitative estimate of drug-likeness (QED) is 0.348. The fraction of sp³-hybridized carbons (Fsp3) is 0.882. The van der Waals surface area contributed by atoms with Gasteiger partial charge in [0.05, 0.1) is 6.61 Å². The van der Waals surface area contributed by atoms with Crippen LogP contribution in [0.15, 0.2) is 4.99 Å². The molecule has 2 aliphatic heterocycles. The monoisotopic (exact) mass is 482 g/mol. The van der Waals surface area contributed by atoms with Crippen molar-refractivity contribution in [3.63, 3.8) is 0 Å². The second-order valence-corrected chi connectivity index (χ2v) is 6.95. The minimum absolute atomic E-state index is 0. The van der Waals surface area contributed by atoms with Gasteiger partial charge in [-0.1, -0.05) is 0 Å². The number of amides is 1. The van der Waals surface area contributed by atoms with E-state index in [0.717, 1.165) is 58.1 Å². The molecule has 0 bridgehead atoms. The molecule has 0 saturated carbocycles. The topological polar surface area (TPSA) is 72.4 Å². The number of guanidine groups is 1. The van der Waals surface area contributed by atoms with Gasteiger partial charge in [-0.2, -0.15) is 0 Å². The van der Waals surface area contributed by atoms with E-state index in [-0.39, 0.29) is 30.1 Å². The van der Waals surface area contributed by atoms with Crippen LogP contribution in [-0.2, 0) is 4.74 Å². The Morgan fingerprint density at radius 2 is 1.88 bits per heavy atom. The van der Waals surface area contributed by atoms with Crippen LogP contribution in [0, 0.1) is 0 Å². The van der Waals surface area contributed by atoms with Gasteiger partial charge < -0.3 is 25.2 Å². The van der Waals surface area contributed by atoms with E-state index < -0.39 is 0 Å². The fourth-order valence-corrected chi connectivity index (χ4v) is 3.35. The van der Waals surface area contributed by atoms with E-state index in [4.69, 9.17) is 4.74 Å². The standard InChI is InChI=1S/C17H34N6O2.HI/c1-5-25-17(24)23-8-6-14(7-9-23)20-16(18-2)19-12-15-13-21(3)10-11-22(15)4;/h14-15H,5-13H2,1-4H3,(H2,18,19,20);1H. The Kier molecular flexibility index (Phi) is 10.6. The number of ether oxygens (including phenoxy) is 1. The van der Waals surface area contributed by atoms with Gasteiger partial charge in [-0.15, -0.1) is 24.0 Å². The van der Waals surface area contributed by atoms with Crippen LogP contribution in [0.2, 0.25) is 0 Å². The van der Waals surface area contributed by atoms with Crippen LogP contribution in [0.1, 0.15) is 19.8 Å². The minimum atomic E-state index is -0.201. The predicted molar refractivity (Wildman–Crippen MR) is 115 cm³/mol. The van der Waals surface area contributed by atoms with Gasteiger partial charge in [0.2, 0.25) is 0 Å². The van der Waals surface area contributed by atoms with Gasteiger partial charge in [0.15, 0.2) is 5.96 Å². The van der Waals surface area contributed by atoms with Crippen LogP contribution >= 0.6 is 24.0 Å². The third kappa shape index (κ3) is 7.07. The molecule has 26 heavy (non-hydrogen) atoms. The van der Waals surface area contributed by atoms with Gasteiger partial charge in [-0.05, 0) is 33.9 Å². The lowest BCUT2D eigenvalue weighted by Crippen LogP contribution is -2.56. The number of hydrogen-bond acceptors (Lipinski definition) is 5.